The minimum absolute atomic E-state index is 0.426. The van der Waals surface area contributed by atoms with E-state index < -0.39 is 0 Å². The second-order valence-electron chi connectivity index (χ2n) is 3.25. The molecule has 2 heterocycles. The lowest BCUT2D eigenvalue weighted by Gasteiger charge is -1.97. The summed E-state index contributed by atoms with van der Waals surface area (Å²) in [4.78, 5) is 12.2. The molecule has 6 nitrogen and oxygen atoms in total. The standard InChI is InChI=1S/C10H11ClN4O2/c1-16-9-5-7(12-6-13-9)10-14-8(17-15-10)3-2-4-11/h5-6H,2-4H2,1H3. The van der Waals surface area contributed by atoms with Crippen molar-refractivity contribution in [2.45, 2.75) is 12.8 Å². The van der Waals surface area contributed by atoms with E-state index >= 15 is 0 Å². The average molecular weight is 255 g/mol. The molecular weight excluding hydrogens is 244 g/mol. The van der Waals surface area contributed by atoms with Crippen molar-refractivity contribution in [3.05, 3.63) is 18.3 Å². The maximum atomic E-state index is 5.59. The number of alkyl halides is 1. The Bertz CT molecular complexity index is 489. The average Bonchev–Trinajstić information content (AvgIpc) is 2.85. The van der Waals surface area contributed by atoms with Crippen LogP contribution in [-0.4, -0.2) is 33.1 Å². The molecule has 0 aromatic carbocycles. The van der Waals surface area contributed by atoms with Gasteiger partial charge in [0.2, 0.25) is 17.6 Å². The highest BCUT2D eigenvalue weighted by Gasteiger charge is 2.10. The number of rotatable bonds is 5. The predicted molar refractivity (Wildman–Crippen MR) is 60.9 cm³/mol. The number of halogens is 1. The molecule has 0 N–H and O–H groups in total. The molecule has 0 aliphatic rings. The number of aryl methyl sites for hydroxylation is 1. The zero-order valence-corrected chi connectivity index (χ0v) is 10.0. The van der Waals surface area contributed by atoms with Gasteiger partial charge in [0.05, 0.1) is 7.11 Å². The summed E-state index contributed by atoms with van der Waals surface area (Å²) in [5, 5.41) is 3.84. The highest BCUT2D eigenvalue weighted by atomic mass is 35.5. The zero-order valence-electron chi connectivity index (χ0n) is 9.26. The van der Waals surface area contributed by atoms with E-state index in [-0.39, 0.29) is 0 Å². The van der Waals surface area contributed by atoms with Crippen molar-refractivity contribution < 1.29 is 9.26 Å². The fourth-order valence-electron chi connectivity index (χ4n) is 1.25. The van der Waals surface area contributed by atoms with Gasteiger partial charge in [0.25, 0.3) is 0 Å². The smallest absolute Gasteiger partial charge is 0.227 e. The van der Waals surface area contributed by atoms with Gasteiger partial charge >= 0.3 is 0 Å². The molecule has 0 bridgehead atoms. The largest absolute Gasteiger partial charge is 0.481 e. The van der Waals surface area contributed by atoms with Crippen LogP contribution in [-0.2, 0) is 6.42 Å². The molecule has 0 amide bonds. The minimum atomic E-state index is 0.426. The van der Waals surface area contributed by atoms with Crippen LogP contribution in [0, 0.1) is 0 Å². The van der Waals surface area contributed by atoms with Crippen LogP contribution in [0.3, 0.4) is 0 Å². The first kappa shape index (κ1) is 11.8. The van der Waals surface area contributed by atoms with Crippen LogP contribution >= 0.6 is 11.6 Å². The van der Waals surface area contributed by atoms with E-state index in [1.165, 1.54) is 13.4 Å². The monoisotopic (exact) mass is 254 g/mol. The topological polar surface area (TPSA) is 73.9 Å². The SMILES string of the molecule is COc1cc(-c2noc(CCCCl)n2)ncn1. The molecule has 2 aromatic heterocycles. The number of hydrogen-bond donors (Lipinski definition) is 0. The summed E-state index contributed by atoms with van der Waals surface area (Å²) < 4.78 is 10.1. The minimum Gasteiger partial charge on any atom is -0.481 e. The van der Waals surface area contributed by atoms with Gasteiger partial charge in [0, 0.05) is 18.4 Å². The van der Waals surface area contributed by atoms with Crippen LogP contribution in [0.25, 0.3) is 11.5 Å². The molecule has 90 valence electrons. The summed E-state index contributed by atoms with van der Waals surface area (Å²) in [6.07, 6.45) is 2.86. The Morgan fingerprint density at radius 2 is 2.29 bits per heavy atom. The second kappa shape index (κ2) is 5.58. The van der Waals surface area contributed by atoms with Crippen molar-refractivity contribution in [1.82, 2.24) is 20.1 Å². The van der Waals surface area contributed by atoms with Crippen molar-refractivity contribution in [1.29, 1.82) is 0 Å². The highest BCUT2D eigenvalue weighted by Crippen LogP contribution is 2.16. The van der Waals surface area contributed by atoms with Crippen LogP contribution in [0.1, 0.15) is 12.3 Å². The summed E-state index contributed by atoms with van der Waals surface area (Å²) in [6, 6.07) is 1.65. The fraction of sp³-hybridized carbons (Fsp3) is 0.400. The van der Waals surface area contributed by atoms with Crippen LogP contribution in [0.15, 0.2) is 16.9 Å². The first-order chi connectivity index (χ1) is 8.33. The van der Waals surface area contributed by atoms with Crippen LogP contribution < -0.4 is 4.74 Å². The third kappa shape index (κ3) is 2.91. The van der Waals surface area contributed by atoms with Crippen molar-refractivity contribution in [2.24, 2.45) is 0 Å². The first-order valence-electron chi connectivity index (χ1n) is 5.08. The van der Waals surface area contributed by atoms with Crippen LogP contribution in [0.5, 0.6) is 5.88 Å². The Balaban J connectivity index is 2.18. The lowest BCUT2D eigenvalue weighted by atomic mass is 10.3. The normalized spacial score (nSPS) is 10.5. The lowest BCUT2D eigenvalue weighted by molar-refractivity contribution is 0.377. The van der Waals surface area contributed by atoms with Crippen LogP contribution in [0.2, 0.25) is 0 Å². The van der Waals surface area contributed by atoms with Crippen molar-refractivity contribution in [3.8, 4) is 17.4 Å². The Morgan fingerprint density at radius 1 is 1.41 bits per heavy atom. The number of aromatic nitrogens is 4. The summed E-state index contributed by atoms with van der Waals surface area (Å²) >= 11 is 5.59. The van der Waals surface area contributed by atoms with Gasteiger partial charge in [0.1, 0.15) is 12.0 Å². The zero-order chi connectivity index (χ0) is 12.1. The Morgan fingerprint density at radius 3 is 3.06 bits per heavy atom. The molecule has 0 fully saturated rings. The maximum absolute atomic E-state index is 5.59. The molecule has 17 heavy (non-hydrogen) atoms. The Labute approximate surface area is 103 Å². The molecule has 7 heteroatoms. The van der Waals surface area contributed by atoms with E-state index in [1.807, 2.05) is 0 Å². The predicted octanol–water partition coefficient (Wildman–Crippen LogP) is 1.71. The second-order valence-corrected chi connectivity index (χ2v) is 3.63. The molecule has 0 aliphatic carbocycles. The summed E-state index contributed by atoms with van der Waals surface area (Å²) in [7, 11) is 1.54. The van der Waals surface area contributed by atoms with E-state index in [9.17, 15) is 0 Å². The molecule has 0 atom stereocenters. The number of ether oxygens (including phenoxy) is 1. The molecule has 2 rings (SSSR count). The quantitative estimate of drug-likeness (QED) is 0.756. The molecule has 0 radical (unpaired) electrons. The van der Waals surface area contributed by atoms with Gasteiger partial charge < -0.3 is 9.26 Å². The van der Waals surface area contributed by atoms with Gasteiger partial charge in [-0.2, -0.15) is 4.98 Å². The van der Waals surface area contributed by atoms with Crippen molar-refractivity contribution >= 4 is 11.6 Å². The molecule has 0 aliphatic heterocycles. The van der Waals surface area contributed by atoms with Crippen LogP contribution in [0.4, 0.5) is 0 Å². The molecule has 0 saturated carbocycles. The van der Waals surface area contributed by atoms with Gasteiger partial charge in [-0.05, 0) is 6.42 Å². The fourth-order valence-corrected chi connectivity index (χ4v) is 1.39. The molecular formula is C10H11ClN4O2. The van der Waals surface area contributed by atoms with Gasteiger partial charge in [0.15, 0.2) is 0 Å². The molecule has 2 aromatic rings. The van der Waals surface area contributed by atoms with Gasteiger partial charge in [-0.15, -0.1) is 11.6 Å². The number of hydrogen-bond acceptors (Lipinski definition) is 6. The first-order valence-corrected chi connectivity index (χ1v) is 5.62. The van der Waals surface area contributed by atoms with Gasteiger partial charge in [-0.3, -0.25) is 0 Å². The number of methoxy groups -OCH3 is 1. The van der Waals surface area contributed by atoms with Gasteiger partial charge in [-0.1, -0.05) is 5.16 Å². The summed E-state index contributed by atoms with van der Waals surface area (Å²) in [5.74, 6) is 2.01. The van der Waals surface area contributed by atoms with Gasteiger partial charge in [-0.25, -0.2) is 9.97 Å². The van der Waals surface area contributed by atoms with E-state index in [4.69, 9.17) is 20.9 Å². The van der Waals surface area contributed by atoms with Crippen molar-refractivity contribution in [3.63, 3.8) is 0 Å². The molecule has 0 saturated heterocycles. The summed E-state index contributed by atoms with van der Waals surface area (Å²) in [5.41, 5.74) is 0.567. The summed E-state index contributed by atoms with van der Waals surface area (Å²) in [6.45, 7) is 0. The molecule has 0 unspecified atom stereocenters. The molecule has 0 spiro atoms. The van der Waals surface area contributed by atoms with E-state index in [2.05, 4.69) is 20.1 Å². The number of nitrogens with zero attached hydrogens (tertiary/aromatic N) is 4. The third-order valence-electron chi connectivity index (χ3n) is 2.07. The van der Waals surface area contributed by atoms with E-state index in [0.29, 0.717) is 35.6 Å². The highest BCUT2D eigenvalue weighted by molar-refractivity contribution is 6.17. The Hall–Kier alpha value is -1.69. The maximum Gasteiger partial charge on any atom is 0.227 e. The lowest BCUT2D eigenvalue weighted by Crippen LogP contribution is -1.92. The van der Waals surface area contributed by atoms with E-state index in [1.54, 1.807) is 6.07 Å². The van der Waals surface area contributed by atoms with E-state index in [0.717, 1.165) is 6.42 Å². The van der Waals surface area contributed by atoms with Crippen molar-refractivity contribution in [2.75, 3.05) is 13.0 Å². The third-order valence-corrected chi connectivity index (χ3v) is 2.34. The Kier molecular flexibility index (Phi) is 3.87.